The number of aryl methyl sites for hydroxylation is 1. The van der Waals surface area contributed by atoms with Gasteiger partial charge in [0.1, 0.15) is 0 Å². The topological polar surface area (TPSA) is 4.93 Å². The Morgan fingerprint density at radius 3 is 2.26 bits per heavy atom. The summed E-state index contributed by atoms with van der Waals surface area (Å²) in [6, 6.07) is 40.7. The van der Waals surface area contributed by atoms with Crippen LogP contribution < -0.4 is 0 Å². The van der Waals surface area contributed by atoms with Gasteiger partial charge in [0.2, 0.25) is 0 Å². The van der Waals surface area contributed by atoms with Crippen LogP contribution in [0, 0.1) is 13.8 Å². The van der Waals surface area contributed by atoms with Gasteiger partial charge in [-0.15, -0.1) is 0 Å². The molecule has 70 heavy (non-hydrogen) atoms. The molecule has 0 radical (unpaired) electrons. The Morgan fingerprint density at radius 1 is 0.686 bits per heavy atom. The number of allylic oxidation sites excluding steroid dienone is 14. The normalized spacial score (nSPS) is 17.7. The van der Waals surface area contributed by atoms with E-state index in [1.807, 2.05) is 0 Å². The fourth-order valence-corrected chi connectivity index (χ4v) is 13.0. The van der Waals surface area contributed by atoms with Crippen LogP contribution in [0.25, 0.3) is 66.4 Å². The molecule has 12 rings (SSSR count). The fraction of sp³-hybridized carbons (Fsp3) is 0.275. The van der Waals surface area contributed by atoms with E-state index < -0.39 is 0 Å². The van der Waals surface area contributed by atoms with E-state index in [0.717, 1.165) is 25.7 Å². The molecule has 0 amide bonds. The molecule has 6 aromatic carbocycles. The Bertz CT molecular complexity index is 3590. The quantitative estimate of drug-likeness (QED) is 0.136. The van der Waals surface area contributed by atoms with Crippen LogP contribution in [0.5, 0.6) is 0 Å². The van der Waals surface area contributed by atoms with E-state index >= 15 is 0 Å². The van der Waals surface area contributed by atoms with Crippen molar-refractivity contribution in [2.45, 2.75) is 124 Å². The Labute approximate surface area is 417 Å². The largest absolute Gasteiger partial charge is 0.309 e. The second-order valence-electron chi connectivity index (χ2n) is 22.2. The summed E-state index contributed by atoms with van der Waals surface area (Å²) in [4.78, 5) is 0. The Morgan fingerprint density at radius 2 is 1.46 bits per heavy atom. The molecule has 1 aromatic heterocycles. The smallest absolute Gasteiger partial charge is 0.0541 e. The molecule has 5 aliphatic carbocycles. The monoisotopic (exact) mass is 910 g/mol. The lowest BCUT2D eigenvalue weighted by atomic mass is 9.79. The van der Waals surface area contributed by atoms with Crippen LogP contribution in [0.1, 0.15) is 149 Å². The molecule has 7 aromatic rings. The summed E-state index contributed by atoms with van der Waals surface area (Å²) in [6.07, 6.45) is 25.4. The maximum Gasteiger partial charge on any atom is 0.0541 e. The van der Waals surface area contributed by atoms with Gasteiger partial charge in [-0.05, 0) is 226 Å². The average Bonchev–Trinajstić information content (AvgIpc) is 4.10. The van der Waals surface area contributed by atoms with Gasteiger partial charge in [0.25, 0.3) is 0 Å². The minimum atomic E-state index is -0.122. The first kappa shape index (κ1) is 44.5. The van der Waals surface area contributed by atoms with Crippen molar-refractivity contribution in [2.24, 2.45) is 0 Å². The second kappa shape index (κ2) is 17.0. The highest BCUT2D eigenvalue weighted by Gasteiger charge is 2.41. The number of hydrogen-bond acceptors (Lipinski definition) is 0. The first-order valence-electron chi connectivity index (χ1n) is 26.3. The van der Waals surface area contributed by atoms with Crippen LogP contribution in [0.15, 0.2) is 180 Å². The molecular formula is C69H67N. The maximum atomic E-state index is 2.56. The van der Waals surface area contributed by atoms with Gasteiger partial charge in [-0.3, -0.25) is 0 Å². The summed E-state index contributed by atoms with van der Waals surface area (Å²) >= 11 is 0. The van der Waals surface area contributed by atoms with Gasteiger partial charge in [-0.2, -0.15) is 0 Å². The molecule has 0 N–H and O–H groups in total. The lowest BCUT2D eigenvalue weighted by molar-refractivity contribution is 0.659. The molecule has 0 aliphatic heterocycles. The number of benzene rings is 6. The number of aromatic nitrogens is 1. The molecule has 5 aliphatic rings. The van der Waals surface area contributed by atoms with Crippen molar-refractivity contribution in [3.8, 4) is 39.1 Å². The summed E-state index contributed by atoms with van der Waals surface area (Å²) in [6.45, 7) is 21.1. The van der Waals surface area contributed by atoms with E-state index in [1.54, 1.807) is 11.1 Å². The molecule has 1 atom stereocenters. The van der Waals surface area contributed by atoms with E-state index in [0.29, 0.717) is 11.8 Å². The van der Waals surface area contributed by atoms with Crippen LogP contribution in [0.2, 0.25) is 0 Å². The molecule has 1 heteroatoms. The van der Waals surface area contributed by atoms with Gasteiger partial charge in [0, 0.05) is 21.9 Å². The molecule has 1 saturated carbocycles. The molecule has 0 saturated heterocycles. The highest BCUT2D eigenvalue weighted by Crippen LogP contribution is 2.57. The van der Waals surface area contributed by atoms with Gasteiger partial charge in [-0.1, -0.05) is 156 Å². The predicted octanol–water partition coefficient (Wildman–Crippen LogP) is 19.4. The molecule has 1 nitrogen and oxygen atoms in total. The van der Waals surface area contributed by atoms with Gasteiger partial charge in [0.05, 0.1) is 11.0 Å². The fourth-order valence-electron chi connectivity index (χ4n) is 13.0. The minimum Gasteiger partial charge on any atom is -0.309 e. The summed E-state index contributed by atoms with van der Waals surface area (Å²) in [5.41, 5.74) is 32.1. The van der Waals surface area contributed by atoms with Crippen molar-refractivity contribution in [1.82, 2.24) is 4.57 Å². The van der Waals surface area contributed by atoms with Crippen LogP contribution in [-0.4, -0.2) is 4.57 Å². The van der Waals surface area contributed by atoms with Crippen LogP contribution >= 0.6 is 0 Å². The standard InChI is InChI=1S/C69H67N/c1-41(2)53-22-15-18-44(5)66(53)57-24-16-23-56(46(57)7)51-30-36-65-61(39-51)60-38-48(42(3)25-26-49-37-50-19-11-10-12-21-55(50)45(49)6)29-35-64(60)70(65)52-31-32-59-63(40-52)69(8,9)62-34-33-58(54-20-14-13-17-43(54)4)67(68(59)62)47-27-28-47/h10-13,15-18,21-26,29-36,38-42,47H,14,19-20,27-28,37H2,1-9H3/b26-25-. The molecule has 1 heterocycles. The highest BCUT2D eigenvalue weighted by molar-refractivity contribution is 6.11. The summed E-state index contributed by atoms with van der Waals surface area (Å²) in [5, 5.41) is 2.60. The van der Waals surface area contributed by atoms with Gasteiger partial charge < -0.3 is 4.57 Å². The van der Waals surface area contributed by atoms with Crippen molar-refractivity contribution < 1.29 is 0 Å². The first-order chi connectivity index (χ1) is 33.9. The number of rotatable bonds is 9. The zero-order chi connectivity index (χ0) is 48.2. The van der Waals surface area contributed by atoms with Crippen molar-refractivity contribution in [3.05, 3.63) is 224 Å². The summed E-state index contributed by atoms with van der Waals surface area (Å²) < 4.78 is 2.56. The molecule has 1 unspecified atom stereocenters. The molecule has 348 valence electrons. The van der Waals surface area contributed by atoms with E-state index in [2.05, 4.69) is 219 Å². The van der Waals surface area contributed by atoms with Gasteiger partial charge >= 0.3 is 0 Å². The SMILES string of the molecule is CC1=C(c2ccc3c(c2C2CC2)-c2ccc(-n4c5ccc(-c6cccc(-c7c(C)cccc7C(C)C)c6C)cc5c5cc(C(C)/C=C\C6=C(C)C7=C(CC=CC=C7)C6)ccc54)cc2C3(C)C)CCC=C1. The van der Waals surface area contributed by atoms with Gasteiger partial charge in [-0.25, -0.2) is 0 Å². The molecule has 1 fully saturated rings. The maximum absolute atomic E-state index is 2.56. The van der Waals surface area contributed by atoms with E-state index in [4.69, 9.17) is 0 Å². The highest BCUT2D eigenvalue weighted by atomic mass is 15.0. The van der Waals surface area contributed by atoms with Crippen molar-refractivity contribution in [1.29, 1.82) is 0 Å². The Kier molecular flexibility index (Phi) is 10.8. The number of nitrogens with zero attached hydrogens (tertiary/aromatic N) is 1. The third-order valence-electron chi connectivity index (χ3n) is 17.1. The first-order valence-corrected chi connectivity index (χ1v) is 26.3. The second-order valence-corrected chi connectivity index (χ2v) is 22.2. The number of hydrogen-bond donors (Lipinski definition) is 0. The Balaban J connectivity index is 1.01. The van der Waals surface area contributed by atoms with Gasteiger partial charge in [0.15, 0.2) is 0 Å². The van der Waals surface area contributed by atoms with Crippen molar-refractivity contribution in [2.75, 3.05) is 0 Å². The molecular weight excluding hydrogens is 843 g/mol. The lowest BCUT2D eigenvalue weighted by Gasteiger charge is -2.24. The Hall–Kier alpha value is -6.70. The van der Waals surface area contributed by atoms with E-state index in [1.165, 1.54) is 141 Å². The summed E-state index contributed by atoms with van der Waals surface area (Å²) in [7, 11) is 0. The zero-order valence-corrected chi connectivity index (χ0v) is 42.9. The summed E-state index contributed by atoms with van der Waals surface area (Å²) in [5.74, 6) is 1.33. The third-order valence-corrected chi connectivity index (χ3v) is 17.1. The van der Waals surface area contributed by atoms with Crippen molar-refractivity contribution in [3.63, 3.8) is 0 Å². The van der Waals surface area contributed by atoms with Crippen LogP contribution in [0.3, 0.4) is 0 Å². The third kappa shape index (κ3) is 7.17. The lowest BCUT2D eigenvalue weighted by Crippen LogP contribution is -2.16. The van der Waals surface area contributed by atoms with Crippen molar-refractivity contribution >= 4 is 27.4 Å². The predicted molar refractivity (Wildman–Crippen MR) is 301 cm³/mol. The number of fused-ring (bicyclic) bond motifs is 6. The van der Waals surface area contributed by atoms with Crippen LogP contribution in [-0.2, 0) is 5.41 Å². The molecule has 0 spiro atoms. The average molecular weight is 910 g/mol. The van der Waals surface area contributed by atoms with E-state index in [-0.39, 0.29) is 11.3 Å². The van der Waals surface area contributed by atoms with Crippen LogP contribution in [0.4, 0.5) is 0 Å². The molecule has 0 bridgehead atoms. The van der Waals surface area contributed by atoms with E-state index in [9.17, 15) is 0 Å². The minimum absolute atomic E-state index is 0.122. The zero-order valence-electron chi connectivity index (χ0n) is 42.9.